The zero-order valence-electron chi connectivity index (χ0n) is 7.41. The largest absolute Gasteiger partial charge is 0.485 e. The number of carbonyl (C=O) groups excluding carboxylic acids is 1. The Hall–Kier alpha value is -1.57. The molecule has 1 atom stereocenters. The fourth-order valence-corrected chi connectivity index (χ4v) is 1.38. The molecule has 0 aliphatic carbocycles. The molecule has 1 unspecified atom stereocenters. The first-order valence-corrected chi connectivity index (χ1v) is 4.19. The zero-order valence-corrected chi connectivity index (χ0v) is 7.41. The molecule has 0 radical (unpaired) electrons. The van der Waals surface area contributed by atoms with Crippen LogP contribution in [0.2, 0.25) is 0 Å². The number of hydrogen-bond acceptors (Lipinski definition) is 2. The molecule has 1 aliphatic rings. The third kappa shape index (κ3) is 1.15. The van der Waals surface area contributed by atoms with E-state index in [0.29, 0.717) is 16.9 Å². The van der Waals surface area contributed by atoms with Gasteiger partial charge in [-0.1, -0.05) is 18.7 Å². The average Bonchev–Trinajstić information content (AvgIpc) is 2.15. The van der Waals surface area contributed by atoms with Crippen molar-refractivity contribution in [3.05, 3.63) is 42.0 Å². The van der Waals surface area contributed by atoms with Crippen LogP contribution in [0.15, 0.2) is 36.4 Å². The molecule has 1 aromatic rings. The van der Waals surface area contributed by atoms with E-state index in [1.165, 1.54) is 0 Å². The highest BCUT2D eigenvalue weighted by Gasteiger charge is 2.26. The maximum atomic E-state index is 11.6. The quantitative estimate of drug-likeness (QED) is 0.563. The predicted octanol–water partition coefficient (Wildman–Crippen LogP) is 2.21. The maximum absolute atomic E-state index is 11.6. The smallest absolute Gasteiger partial charge is 0.195 e. The average molecular weight is 174 g/mol. The lowest BCUT2D eigenvalue weighted by Crippen LogP contribution is -2.26. The van der Waals surface area contributed by atoms with Gasteiger partial charge in [0.1, 0.15) is 11.9 Å². The third-order valence-corrected chi connectivity index (χ3v) is 2.22. The Morgan fingerprint density at radius 3 is 2.85 bits per heavy atom. The summed E-state index contributed by atoms with van der Waals surface area (Å²) in [5.74, 6) is 0.654. The fourth-order valence-electron chi connectivity index (χ4n) is 1.38. The number of hydrogen-bond donors (Lipinski definition) is 0. The molecule has 1 heterocycles. The van der Waals surface area contributed by atoms with Crippen molar-refractivity contribution in [3.8, 4) is 5.75 Å². The number of rotatable bonds is 0. The molecule has 0 amide bonds. The van der Waals surface area contributed by atoms with E-state index in [9.17, 15) is 4.79 Å². The van der Waals surface area contributed by atoms with E-state index in [2.05, 4.69) is 6.58 Å². The van der Waals surface area contributed by atoms with E-state index >= 15 is 0 Å². The molecule has 13 heavy (non-hydrogen) atoms. The second kappa shape index (κ2) is 2.73. The molecule has 0 N–H and O–H groups in total. The summed E-state index contributed by atoms with van der Waals surface area (Å²) in [6.45, 7) is 5.53. The van der Waals surface area contributed by atoms with E-state index in [1.807, 2.05) is 19.1 Å². The first-order chi connectivity index (χ1) is 6.20. The van der Waals surface area contributed by atoms with Crippen LogP contribution in [0, 0.1) is 0 Å². The van der Waals surface area contributed by atoms with Gasteiger partial charge >= 0.3 is 0 Å². The SMILES string of the molecule is C=C1C(=O)c2ccccc2OC1C. The van der Waals surface area contributed by atoms with Gasteiger partial charge in [-0.05, 0) is 19.1 Å². The van der Waals surface area contributed by atoms with Crippen LogP contribution in [0.5, 0.6) is 5.75 Å². The van der Waals surface area contributed by atoms with Gasteiger partial charge in [0.2, 0.25) is 0 Å². The Balaban J connectivity index is 2.55. The monoisotopic (exact) mass is 174 g/mol. The molecule has 2 nitrogen and oxygen atoms in total. The Morgan fingerprint density at radius 1 is 1.38 bits per heavy atom. The Bertz CT molecular complexity index is 379. The highest BCUT2D eigenvalue weighted by atomic mass is 16.5. The molecular weight excluding hydrogens is 164 g/mol. The minimum Gasteiger partial charge on any atom is -0.485 e. The molecule has 66 valence electrons. The van der Waals surface area contributed by atoms with Crippen LogP contribution in [-0.4, -0.2) is 11.9 Å². The van der Waals surface area contributed by atoms with Gasteiger partial charge in [-0.2, -0.15) is 0 Å². The second-order valence-electron chi connectivity index (χ2n) is 3.11. The van der Waals surface area contributed by atoms with Gasteiger partial charge in [-0.25, -0.2) is 0 Å². The molecule has 2 rings (SSSR count). The number of ketones is 1. The molecule has 1 aliphatic heterocycles. The third-order valence-electron chi connectivity index (χ3n) is 2.22. The van der Waals surface area contributed by atoms with Crippen molar-refractivity contribution in [2.24, 2.45) is 0 Å². The van der Waals surface area contributed by atoms with E-state index in [1.54, 1.807) is 12.1 Å². The predicted molar refractivity (Wildman–Crippen MR) is 50.0 cm³/mol. The van der Waals surface area contributed by atoms with Crippen LogP contribution >= 0.6 is 0 Å². The van der Waals surface area contributed by atoms with Crippen LogP contribution in [0.4, 0.5) is 0 Å². The van der Waals surface area contributed by atoms with Crippen LogP contribution < -0.4 is 4.74 Å². The normalized spacial score (nSPS) is 20.8. The van der Waals surface area contributed by atoms with Crippen molar-refractivity contribution < 1.29 is 9.53 Å². The van der Waals surface area contributed by atoms with Gasteiger partial charge in [0.25, 0.3) is 0 Å². The van der Waals surface area contributed by atoms with Crippen molar-refractivity contribution in [3.63, 3.8) is 0 Å². The standard InChI is InChI=1S/C11H10O2/c1-7-8(2)13-10-6-4-3-5-9(10)11(7)12/h3-6,8H,1H2,2H3. The lowest BCUT2D eigenvalue weighted by molar-refractivity contribution is 0.0971. The van der Waals surface area contributed by atoms with Crippen molar-refractivity contribution >= 4 is 5.78 Å². The highest BCUT2D eigenvalue weighted by molar-refractivity contribution is 6.11. The summed E-state index contributed by atoms with van der Waals surface area (Å²) < 4.78 is 5.49. The summed E-state index contributed by atoms with van der Waals surface area (Å²) in [5, 5.41) is 0. The number of Topliss-reactive ketones (excluding diaryl/α,β-unsaturated/α-hetero) is 1. The fraction of sp³-hybridized carbons (Fsp3) is 0.182. The summed E-state index contributed by atoms with van der Waals surface area (Å²) in [6, 6.07) is 7.24. The molecule has 0 saturated carbocycles. The van der Waals surface area contributed by atoms with Crippen LogP contribution in [0.3, 0.4) is 0 Å². The number of ether oxygens (including phenoxy) is 1. The van der Waals surface area contributed by atoms with Gasteiger partial charge in [-0.3, -0.25) is 4.79 Å². The molecular formula is C11H10O2. The van der Waals surface area contributed by atoms with Crippen LogP contribution in [0.1, 0.15) is 17.3 Å². The lowest BCUT2D eigenvalue weighted by atomic mass is 9.97. The molecule has 1 aromatic carbocycles. The van der Waals surface area contributed by atoms with Crippen molar-refractivity contribution in [2.45, 2.75) is 13.0 Å². The molecule has 0 bridgehead atoms. The van der Waals surface area contributed by atoms with Crippen LogP contribution in [-0.2, 0) is 0 Å². The maximum Gasteiger partial charge on any atom is 0.195 e. The lowest BCUT2D eigenvalue weighted by Gasteiger charge is -2.23. The molecule has 0 spiro atoms. The summed E-state index contributed by atoms with van der Waals surface area (Å²) in [5.41, 5.74) is 1.14. The van der Waals surface area contributed by atoms with Gasteiger partial charge in [0.15, 0.2) is 5.78 Å². The first-order valence-electron chi connectivity index (χ1n) is 4.19. The molecule has 0 aromatic heterocycles. The van der Waals surface area contributed by atoms with Crippen molar-refractivity contribution in [1.29, 1.82) is 0 Å². The number of fused-ring (bicyclic) bond motifs is 1. The van der Waals surface area contributed by atoms with Gasteiger partial charge in [0, 0.05) is 5.57 Å². The van der Waals surface area contributed by atoms with Crippen LogP contribution in [0.25, 0.3) is 0 Å². The second-order valence-corrected chi connectivity index (χ2v) is 3.11. The Labute approximate surface area is 76.8 Å². The van der Waals surface area contributed by atoms with E-state index < -0.39 is 0 Å². The summed E-state index contributed by atoms with van der Waals surface area (Å²) >= 11 is 0. The summed E-state index contributed by atoms with van der Waals surface area (Å²) in [6.07, 6.45) is -0.206. The highest BCUT2D eigenvalue weighted by Crippen LogP contribution is 2.28. The number of para-hydroxylation sites is 1. The van der Waals surface area contributed by atoms with E-state index in [4.69, 9.17) is 4.74 Å². The van der Waals surface area contributed by atoms with Gasteiger partial charge < -0.3 is 4.74 Å². The zero-order chi connectivity index (χ0) is 9.42. The molecule has 0 saturated heterocycles. The minimum absolute atomic E-state index is 0.00523. The first kappa shape index (κ1) is 8.05. The Kier molecular flexibility index (Phi) is 1.69. The van der Waals surface area contributed by atoms with E-state index in [0.717, 1.165) is 0 Å². The number of carbonyl (C=O) groups is 1. The molecule has 2 heteroatoms. The number of benzene rings is 1. The minimum atomic E-state index is -0.206. The van der Waals surface area contributed by atoms with Crippen molar-refractivity contribution in [1.82, 2.24) is 0 Å². The van der Waals surface area contributed by atoms with E-state index in [-0.39, 0.29) is 11.9 Å². The van der Waals surface area contributed by atoms with Gasteiger partial charge in [-0.15, -0.1) is 0 Å². The topological polar surface area (TPSA) is 26.3 Å². The Morgan fingerprint density at radius 2 is 2.08 bits per heavy atom. The summed E-state index contributed by atoms with van der Waals surface area (Å²) in [7, 11) is 0. The van der Waals surface area contributed by atoms with Crippen molar-refractivity contribution in [2.75, 3.05) is 0 Å². The van der Waals surface area contributed by atoms with Gasteiger partial charge in [0.05, 0.1) is 5.56 Å². The summed E-state index contributed by atoms with van der Waals surface area (Å²) in [4.78, 5) is 11.6. The molecule has 0 fully saturated rings.